The van der Waals surface area contributed by atoms with Crippen LogP contribution >= 0.6 is 11.6 Å². The molecular formula is C11H11ClN4O2. The number of rotatable bonds is 2. The average molecular weight is 267 g/mol. The van der Waals surface area contributed by atoms with Gasteiger partial charge >= 0.3 is 6.09 Å². The first-order valence-electron chi connectivity index (χ1n) is 5.13. The molecule has 0 aromatic carbocycles. The molecule has 0 atom stereocenters. The molecule has 1 amide bonds. The van der Waals surface area contributed by atoms with E-state index in [1.807, 2.05) is 13.0 Å². The van der Waals surface area contributed by atoms with E-state index in [2.05, 4.69) is 10.1 Å². The van der Waals surface area contributed by atoms with Crippen molar-refractivity contribution in [3.63, 3.8) is 0 Å². The van der Waals surface area contributed by atoms with Crippen LogP contribution in [0.4, 0.5) is 10.5 Å². The van der Waals surface area contributed by atoms with Gasteiger partial charge < -0.3 is 5.11 Å². The summed E-state index contributed by atoms with van der Waals surface area (Å²) in [7, 11) is 1.41. The van der Waals surface area contributed by atoms with Crippen LogP contribution in [0.1, 0.15) is 5.56 Å². The van der Waals surface area contributed by atoms with E-state index in [0.29, 0.717) is 5.69 Å². The number of halogens is 1. The van der Waals surface area contributed by atoms with Crippen LogP contribution in [0.2, 0.25) is 5.15 Å². The molecule has 0 bridgehead atoms. The van der Waals surface area contributed by atoms with Gasteiger partial charge in [0.05, 0.1) is 18.1 Å². The molecule has 0 aliphatic heterocycles. The molecule has 0 aliphatic rings. The minimum absolute atomic E-state index is 0.126. The van der Waals surface area contributed by atoms with Gasteiger partial charge in [0.15, 0.2) is 5.15 Å². The molecule has 2 aromatic rings. The van der Waals surface area contributed by atoms with Gasteiger partial charge in [-0.3, -0.25) is 9.88 Å². The van der Waals surface area contributed by atoms with Gasteiger partial charge in [-0.1, -0.05) is 11.6 Å². The Kier molecular flexibility index (Phi) is 3.20. The van der Waals surface area contributed by atoms with Crippen LogP contribution in [0.3, 0.4) is 0 Å². The fourth-order valence-corrected chi connectivity index (χ4v) is 1.73. The smallest absolute Gasteiger partial charge is 0.411 e. The van der Waals surface area contributed by atoms with Gasteiger partial charge in [0.2, 0.25) is 0 Å². The largest absolute Gasteiger partial charge is 0.465 e. The standard InChI is InChI=1S/C11H11ClN4O2/c1-7-3-8(5-13-4-7)16-6-9(10(12)14-16)15(2)11(17)18/h3-6H,1-2H3,(H,17,18). The predicted molar refractivity (Wildman–Crippen MR) is 67.5 cm³/mol. The van der Waals surface area contributed by atoms with Crippen LogP contribution in [0.5, 0.6) is 0 Å². The molecule has 94 valence electrons. The monoisotopic (exact) mass is 266 g/mol. The number of aromatic nitrogens is 3. The Morgan fingerprint density at radius 1 is 1.50 bits per heavy atom. The molecule has 1 N–H and O–H groups in total. The minimum Gasteiger partial charge on any atom is -0.465 e. The lowest BCUT2D eigenvalue weighted by molar-refractivity contribution is 0.203. The molecule has 2 aromatic heterocycles. The highest BCUT2D eigenvalue weighted by Crippen LogP contribution is 2.25. The Morgan fingerprint density at radius 2 is 2.22 bits per heavy atom. The highest BCUT2D eigenvalue weighted by Gasteiger charge is 2.16. The van der Waals surface area contributed by atoms with Crippen molar-refractivity contribution in [3.05, 3.63) is 35.4 Å². The van der Waals surface area contributed by atoms with Crippen molar-refractivity contribution in [3.8, 4) is 5.69 Å². The normalized spacial score (nSPS) is 10.4. The number of hydrogen-bond acceptors (Lipinski definition) is 3. The Bertz CT molecular complexity index is 596. The van der Waals surface area contributed by atoms with E-state index >= 15 is 0 Å². The quantitative estimate of drug-likeness (QED) is 0.906. The number of carbonyl (C=O) groups is 1. The number of aryl methyl sites for hydroxylation is 1. The van der Waals surface area contributed by atoms with Crippen molar-refractivity contribution in [2.45, 2.75) is 6.92 Å². The van der Waals surface area contributed by atoms with Gasteiger partial charge in [-0.05, 0) is 18.6 Å². The molecule has 0 unspecified atom stereocenters. The fraction of sp³-hybridized carbons (Fsp3) is 0.182. The minimum atomic E-state index is -1.10. The predicted octanol–water partition coefficient (Wildman–Crippen LogP) is 2.34. The van der Waals surface area contributed by atoms with Crippen LogP contribution in [0.25, 0.3) is 5.69 Å². The van der Waals surface area contributed by atoms with Crippen molar-refractivity contribution >= 4 is 23.4 Å². The first-order chi connectivity index (χ1) is 8.49. The van der Waals surface area contributed by atoms with Crippen LogP contribution in [-0.4, -0.2) is 33.0 Å². The first-order valence-corrected chi connectivity index (χ1v) is 5.50. The van der Waals surface area contributed by atoms with Gasteiger partial charge in [-0.15, -0.1) is 0 Å². The van der Waals surface area contributed by atoms with Crippen LogP contribution in [0.15, 0.2) is 24.7 Å². The van der Waals surface area contributed by atoms with E-state index in [9.17, 15) is 4.79 Å². The van der Waals surface area contributed by atoms with Crippen molar-refractivity contribution in [1.82, 2.24) is 14.8 Å². The lowest BCUT2D eigenvalue weighted by Crippen LogP contribution is -2.23. The molecule has 7 heteroatoms. The van der Waals surface area contributed by atoms with Gasteiger partial charge in [-0.25, -0.2) is 9.48 Å². The number of anilines is 1. The molecule has 6 nitrogen and oxygen atoms in total. The maximum absolute atomic E-state index is 10.9. The van der Waals surface area contributed by atoms with Crippen molar-refractivity contribution in [2.75, 3.05) is 11.9 Å². The van der Waals surface area contributed by atoms with Gasteiger partial charge in [0, 0.05) is 13.2 Å². The molecule has 0 fully saturated rings. The van der Waals surface area contributed by atoms with Gasteiger partial charge in [0.25, 0.3) is 0 Å². The molecule has 0 saturated heterocycles. The van der Waals surface area contributed by atoms with Gasteiger partial charge in [-0.2, -0.15) is 5.10 Å². The highest BCUT2D eigenvalue weighted by atomic mass is 35.5. The van der Waals surface area contributed by atoms with Crippen molar-refractivity contribution in [2.24, 2.45) is 0 Å². The summed E-state index contributed by atoms with van der Waals surface area (Å²) < 4.78 is 1.50. The third-order valence-electron chi connectivity index (χ3n) is 2.42. The van der Waals surface area contributed by atoms with E-state index < -0.39 is 6.09 Å². The van der Waals surface area contributed by atoms with Gasteiger partial charge in [0.1, 0.15) is 5.69 Å². The summed E-state index contributed by atoms with van der Waals surface area (Å²) in [4.78, 5) is 15.9. The molecule has 0 aliphatic carbocycles. The average Bonchev–Trinajstić information content (AvgIpc) is 2.70. The second kappa shape index (κ2) is 4.66. The van der Waals surface area contributed by atoms with Crippen molar-refractivity contribution in [1.29, 1.82) is 0 Å². The zero-order valence-corrected chi connectivity index (χ0v) is 10.6. The molecule has 0 saturated carbocycles. The zero-order chi connectivity index (χ0) is 13.3. The first kappa shape index (κ1) is 12.4. The topological polar surface area (TPSA) is 71.2 Å². The van der Waals surface area contributed by atoms with Crippen molar-refractivity contribution < 1.29 is 9.90 Å². The number of amides is 1. The summed E-state index contributed by atoms with van der Waals surface area (Å²) in [6, 6.07) is 1.88. The Morgan fingerprint density at radius 3 is 2.83 bits per heavy atom. The number of carboxylic acid groups (broad SMARTS) is 1. The summed E-state index contributed by atoms with van der Waals surface area (Å²) in [6.07, 6.45) is 3.80. The van der Waals surface area contributed by atoms with Crippen LogP contribution in [0, 0.1) is 6.92 Å². The van der Waals surface area contributed by atoms with E-state index in [4.69, 9.17) is 16.7 Å². The number of nitrogens with zero attached hydrogens (tertiary/aromatic N) is 4. The van der Waals surface area contributed by atoms with E-state index in [1.54, 1.807) is 18.6 Å². The van der Waals surface area contributed by atoms with E-state index in [1.165, 1.54) is 11.7 Å². The summed E-state index contributed by atoms with van der Waals surface area (Å²) in [5, 5.41) is 13.1. The third kappa shape index (κ3) is 2.28. The third-order valence-corrected chi connectivity index (χ3v) is 2.69. The Labute approximate surface area is 108 Å². The maximum atomic E-state index is 10.9. The molecular weight excluding hydrogens is 256 g/mol. The fourth-order valence-electron chi connectivity index (χ4n) is 1.47. The molecule has 18 heavy (non-hydrogen) atoms. The Balaban J connectivity index is 2.43. The number of hydrogen-bond donors (Lipinski definition) is 1. The Hall–Kier alpha value is -2.08. The maximum Gasteiger partial charge on any atom is 0.411 e. The zero-order valence-electron chi connectivity index (χ0n) is 9.83. The second-order valence-corrected chi connectivity index (χ2v) is 4.17. The molecule has 2 rings (SSSR count). The van der Waals surface area contributed by atoms with E-state index in [-0.39, 0.29) is 5.15 Å². The summed E-state index contributed by atoms with van der Waals surface area (Å²) in [5.41, 5.74) is 2.03. The molecule has 0 spiro atoms. The summed E-state index contributed by atoms with van der Waals surface area (Å²) in [5.74, 6) is 0. The molecule has 2 heterocycles. The lowest BCUT2D eigenvalue weighted by Gasteiger charge is -2.09. The SMILES string of the molecule is Cc1cncc(-n2cc(N(C)C(=O)O)c(Cl)n2)c1. The molecule has 0 radical (unpaired) electrons. The summed E-state index contributed by atoms with van der Waals surface area (Å²) in [6.45, 7) is 1.91. The highest BCUT2D eigenvalue weighted by molar-refractivity contribution is 6.32. The lowest BCUT2D eigenvalue weighted by atomic mass is 10.3. The summed E-state index contributed by atoms with van der Waals surface area (Å²) >= 11 is 5.92. The van der Waals surface area contributed by atoms with Crippen LogP contribution in [-0.2, 0) is 0 Å². The van der Waals surface area contributed by atoms with Crippen LogP contribution < -0.4 is 4.90 Å². The van der Waals surface area contributed by atoms with E-state index in [0.717, 1.165) is 16.2 Å². The second-order valence-electron chi connectivity index (χ2n) is 3.81. The number of pyridine rings is 1.